The van der Waals surface area contributed by atoms with E-state index in [4.69, 9.17) is 4.52 Å². The second-order valence-electron chi connectivity index (χ2n) is 7.13. The van der Waals surface area contributed by atoms with Crippen LogP contribution >= 0.6 is 0 Å². The van der Waals surface area contributed by atoms with Gasteiger partial charge < -0.3 is 4.52 Å². The molecule has 0 amide bonds. The summed E-state index contributed by atoms with van der Waals surface area (Å²) in [7, 11) is 1.72. The van der Waals surface area contributed by atoms with E-state index in [0.717, 1.165) is 55.3 Å². The van der Waals surface area contributed by atoms with Crippen molar-refractivity contribution in [3.8, 4) is 11.3 Å². The molecule has 0 spiro atoms. The molecule has 142 valence electrons. The smallest absolute Gasteiger partial charge is 0.345 e. The van der Waals surface area contributed by atoms with Crippen molar-refractivity contribution in [2.45, 2.75) is 38.8 Å². The number of likely N-dealkylation sites (tertiary alicyclic amines) is 1. The minimum Gasteiger partial charge on any atom is -0.359 e. The van der Waals surface area contributed by atoms with Crippen LogP contribution in [0, 0.1) is 0 Å². The molecule has 1 unspecified atom stereocenters. The van der Waals surface area contributed by atoms with Crippen molar-refractivity contribution in [2.24, 2.45) is 7.05 Å². The number of aryl methyl sites for hydroxylation is 1. The number of nitrogens with zero attached hydrogens (tertiary/aromatic N) is 5. The molecule has 2 aromatic heterocycles. The van der Waals surface area contributed by atoms with Crippen molar-refractivity contribution in [2.75, 3.05) is 13.1 Å². The van der Waals surface area contributed by atoms with Crippen LogP contribution in [0.1, 0.15) is 37.3 Å². The van der Waals surface area contributed by atoms with Crippen molar-refractivity contribution in [1.29, 1.82) is 0 Å². The van der Waals surface area contributed by atoms with Crippen LogP contribution in [0.25, 0.3) is 11.3 Å². The summed E-state index contributed by atoms with van der Waals surface area (Å²) in [5, 5.41) is 8.70. The Morgan fingerprint density at radius 2 is 2.07 bits per heavy atom. The Labute approximate surface area is 158 Å². The highest BCUT2D eigenvalue weighted by atomic mass is 16.5. The lowest BCUT2D eigenvalue weighted by Crippen LogP contribution is -2.35. The number of hydrogen-bond acceptors (Lipinski definition) is 5. The maximum Gasteiger partial charge on any atom is 0.345 e. The third-order valence-electron chi connectivity index (χ3n) is 5.23. The molecule has 0 radical (unpaired) electrons. The minimum absolute atomic E-state index is 0.0349. The van der Waals surface area contributed by atoms with Crippen LogP contribution in [0.5, 0.6) is 0 Å². The van der Waals surface area contributed by atoms with Crippen molar-refractivity contribution >= 4 is 0 Å². The van der Waals surface area contributed by atoms with E-state index < -0.39 is 0 Å². The van der Waals surface area contributed by atoms with E-state index in [1.165, 1.54) is 4.68 Å². The molecule has 1 aliphatic rings. The lowest BCUT2D eigenvalue weighted by molar-refractivity contribution is 0.175. The molecule has 1 saturated heterocycles. The quantitative estimate of drug-likeness (QED) is 0.693. The fourth-order valence-electron chi connectivity index (χ4n) is 3.89. The molecule has 3 aromatic rings. The normalized spacial score (nSPS) is 18.1. The van der Waals surface area contributed by atoms with Crippen LogP contribution in [-0.4, -0.2) is 37.5 Å². The van der Waals surface area contributed by atoms with Gasteiger partial charge in [0.25, 0.3) is 0 Å². The predicted molar refractivity (Wildman–Crippen MR) is 102 cm³/mol. The Morgan fingerprint density at radius 1 is 1.26 bits per heavy atom. The summed E-state index contributed by atoms with van der Waals surface area (Å²) in [6.07, 6.45) is 2.14. The molecular weight excluding hydrogens is 342 g/mol. The molecule has 3 heterocycles. The van der Waals surface area contributed by atoms with Gasteiger partial charge in [0, 0.05) is 37.7 Å². The number of benzene rings is 1. The Hall–Kier alpha value is -2.67. The maximum atomic E-state index is 12.2. The standard InChI is InChI=1S/C20H25N5O2/c1-3-25-19(21-23(2)20(25)26)16-10-7-11-24(13-16)14-17-12-18(22-27-17)15-8-5-4-6-9-15/h4-6,8-9,12,16H,3,7,10-11,13-14H2,1-2H3. The zero-order valence-corrected chi connectivity index (χ0v) is 15.8. The highest BCUT2D eigenvalue weighted by Crippen LogP contribution is 2.27. The van der Waals surface area contributed by atoms with Crippen molar-refractivity contribution in [3.05, 3.63) is 58.5 Å². The van der Waals surface area contributed by atoms with Crippen LogP contribution in [0.2, 0.25) is 0 Å². The minimum atomic E-state index is -0.0349. The van der Waals surface area contributed by atoms with E-state index in [2.05, 4.69) is 15.2 Å². The van der Waals surface area contributed by atoms with Gasteiger partial charge in [-0.3, -0.25) is 9.47 Å². The van der Waals surface area contributed by atoms with E-state index in [1.54, 1.807) is 11.6 Å². The van der Waals surface area contributed by atoms with E-state index in [0.29, 0.717) is 6.54 Å². The first-order valence-electron chi connectivity index (χ1n) is 9.52. The predicted octanol–water partition coefficient (Wildman–Crippen LogP) is 2.64. The molecule has 1 aromatic carbocycles. The second-order valence-corrected chi connectivity index (χ2v) is 7.13. The van der Waals surface area contributed by atoms with Crippen LogP contribution in [0.4, 0.5) is 0 Å². The highest BCUT2D eigenvalue weighted by molar-refractivity contribution is 5.58. The Bertz CT molecular complexity index is 956. The van der Waals surface area contributed by atoms with Gasteiger partial charge in [-0.1, -0.05) is 35.5 Å². The lowest BCUT2D eigenvalue weighted by Gasteiger charge is -2.31. The fraction of sp³-hybridized carbons (Fsp3) is 0.450. The van der Waals surface area contributed by atoms with Crippen LogP contribution in [0.3, 0.4) is 0 Å². The molecule has 1 fully saturated rings. The average molecular weight is 367 g/mol. The second kappa shape index (κ2) is 7.52. The van der Waals surface area contributed by atoms with E-state index >= 15 is 0 Å². The van der Waals surface area contributed by atoms with Crippen molar-refractivity contribution in [3.63, 3.8) is 0 Å². The molecule has 0 aliphatic carbocycles. The Balaban J connectivity index is 1.47. The summed E-state index contributed by atoms with van der Waals surface area (Å²) in [6, 6.07) is 12.1. The monoisotopic (exact) mass is 367 g/mol. The summed E-state index contributed by atoms with van der Waals surface area (Å²) in [5.41, 5.74) is 1.89. The van der Waals surface area contributed by atoms with Gasteiger partial charge in [-0.25, -0.2) is 9.48 Å². The largest absolute Gasteiger partial charge is 0.359 e. The third-order valence-corrected chi connectivity index (χ3v) is 5.23. The first kappa shape index (κ1) is 17.7. The number of rotatable bonds is 5. The first-order valence-corrected chi connectivity index (χ1v) is 9.52. The van der Waals surface area contributed by atoms with Crippen LogP contribution in [0.15, 0.2) is 45.7 Å². The molecule has 1 atom stereocenters. The number of hydrogen-bond donors (Lipinski definition) is 0. The van der Waals surface area contributed by atoms with Gasteiger partial charge in [-0.2, -0.15) is 5.10 Å². The van der Waals surface area contributed by atoms with Crippen LogP contribution in [-0.2, 0) is 20.1 Å². The fourth-order valence-corrected chi connectivity index (χ4v) is 3.89. The van der Waals surface area contributed by atoms with Gasteiger partial charge in [0.1, 0.15) is 11.5 Å². The Morgan fingerprint density at radius 3 is 2.85 bits per heavy atom. The topological polar surface area (TPSA) is 69.1 Å². The summed E-state index contributed by atoms with van der Waals surface area (Å²) in [4.78, 5) is 14.6. The van der Waals surface area contributed by atoms with Gasteiger partial charge in [0.05, 0.1) is 6.54 Å². The molecule has 27 heavy (non-hydrogen) atoms. The van der Waals surface area contributed by atoms with Crippen molar-refractivity contribution in [1.82, 2.24) is 24.4 Å². The number of piperidine rings is 1. The molecule has 0 bridgehead atoms. The maximum absolute atomic E-state index is 12.2. The molecule has 7 heteroatoms. The van der Waals surface area contributed by atoms with Gasteiger partial charge in [-0.05, 0) is 26.3 Å². The SMILES string of the molecule is CCn1c(C2CCCN(Cc3cc(-c4ccccc4)no3)C2)nn(C)c1=O. The van der Waals surface area contributed by atoms with Gasteiger partial charge in [0.15, 0.2) is 5.76 Å². The Kier molecular flexibility index (Phi) is 4.94. The van der Waals surface area contributed by atoms with Crippen molar-refractivity contribution < 1.29 is 4.52 Å². The zero-order valence-electron chi connectivity index (χ0n) is 15.8. The van der Waals surface area contributed by atoms with Gasteiger partial charge in [-0.15, -0.1) is 0 Å². The van der Waals surface area contributed by atoms with Crippen LogP contribution < -0.4 is 5.69 Å². The molecule has 7 nitrogen and oxygen atoms in total. The summed E-state index contributed by atoms with van der Waals surface area (Å²) in [6.45, 7) is 5.26. The molecule has 0 N–H and O–H groups in total. The lowest BCUT2D eigenvalue weighted by atomic mass is 9.97. The molecule has 4 rings (SSSR count). The highest BCUT2D eigenvalue weighted by Gasteiger charge is 2.27. The van der Waals surface area contributed by atoms with E-state index in [-0.39, 0.29) is 11.6 Å². The third kappa shape index (κ3) is 3.60. The summed E-state index contributed by atoms with van der Waals surface area (Å²) >= 11 is 0. The molecule has 0 saturated carbocycles. The van der Waals surface area contributed by atoms with E-state index in [9.17, 15) is 4.79 Å². The van der Waals surface area contributed by atoms with E-state index in [1.807, 2.05) is 43.3 Å². The molecular formula is C20H25N5O2. The number of aromatic nitrogens is 4. The van der Waals surface area contributed by atoms with Gasteiger partial charge >= 0.3 is 5.69 Å². The molecule has 1 aliphatic heterocycles. The zero-order chi connectivity index (χ0) is 18.8. The summed E-state index contributed by atoms with van der Waals surface area (Å²) < 4.78 is 8.80. The van der Waals surface area contributed by atoms with Gasteiger partial charge in [0.2, 0.25) is 0 Å². The summed E-state index contributed by atoms with van der Waals surface area (Å²) in [5.74, 6) is 2.03. The first-order chi connectivity index (χ1) is 13.2. The average Bonchev–Trinajstić information content (AvgIpc) is 3.27.